The number of nitrogens with zero attached hydrogens (tertiary/aromatic N) is 3. The highest BCUT2D eigenvalue weighted by Gasteiger charge is 2.13. The molecule has 0 aliphatic heterocycles. The molecule has 0 amide bonds. The first-order valence-corrected chi connectivity index (χ1v) is 8.49. The van der Waals surface area contributed by atoms with Gasteiger partial charge in [0, 0.05) is 6.20 Å². The molecular formula is C20H21N3. The number of aromatic nitrogens is 3. The first-order chi connectivity index (χ1) is 11.4. The Balaban J connectivity index is 1.77. The van der Waals surface area contributed by atoms with Crippen LogP contribution in [0.4, 0.5) is 0 Å². The second-order valence-electron chi connectivity index (χ2n) is 6.24. The van der Waals surface area contributed by atoms with Gasteiger partial charge in [-0.25, -0.2) is 9.97 Å². The van der Waals surface area contributed by atoms with Gasteiger partial charge >= 0.3 is 0 Å². The molecule has 1 aliphatic carbocycles. The number of imidazole rings is 1. The molecule has 1 saturated carbocycles. The predicted molar refractivity (Wildman–Crippen MR) is 94.5 cm³/mol. The van der Waals surface area contributed by atoms with Crippen molar-refractivity contribution in [2.24, 2.45) is 5.92 Å². The van der Waals surface area contributed by atoms with Gasteiger partial charge in [-0.15, -0.1) is 0 Å². The van der Waals surface area contributed by atoms with Crippen LogP contribution < -0.4 is 0 Å². The Labute approximate surface area is 136 Å². The van der Waals surface area contributed by atoms with E-state index in [-0.39, 0.29) is 0 Å². The van der Waals surface area contributed by atoms with E-state index in [2.05, 4.69) is 39.9 Å². The third-order valence-electron chi connectivity index (χ3n) is 4.63. The van der Waals surface area contributed by atoms with Gasteiger partial charge in [0.1, 0.15) is 11.6 Å². The lowest BCUT2D eigenvalue weighted by Gasteiger charge is -2.17. The van der Waals surface area contributed by atoms with E-state index in [9.17, 15) is 0 Å². The zero-order valence-corrected chi connectivity index (χ0v) is 13.2. The van der Waals surface area contributed by atoms with Crippen LogP contribution in [0.2, 0.25) is 0 Å². The molecule has 1 aliphatic rings. The summed E-state index contributed by atoms with van der Waals surface area (Å²) >= 11 is 0. The van der Waals surface area contributed by atoms with E-state index in [0.29, 0.717) is 5.92 Å². The van der Waals surface area contributed by atoms with Gasteiger partial charge in [0.2, 0.25) is 0 Å². The second kappa shape index (κ2) is 6.37. The third kappa shape index (κ3) is 2.91. The number of rotatable bonds is 3. The molecule has 1 fully saturated rings. The van der Waals surface area contributed by atoms with Crippen molar-refractivity contribution in [1.29, 1.82) is 0 Å². The number of benzene rings is 1. The largest absolute Gasteiger partial charge is 0.277 e. The summed E-state index contributed by atoms with van der Waals surface area (Å²) in [5.41, 5.74) is 2.12. The number of fused-ring (bicyclic) bond motifs is 1. The topological polar surface area (TPSA) is 30.7 Å². The molecule has 0 spiro atoms. The lowest BCUT2D eigenvalue weighted by atomic mass is 9.89. The van der Waals surface area contributed by atoms with Crippen LogP contribution in [0.15, 0.2) is 54.7 Å². The second-order valence-corrected chi connectivity index (χ2v) is 6.24. The summed E-state index contributed by atoms with van der Waals surface area (Å²) in [7, 11) is 0. The van der Waals surface area contributed by atoms with Gasteiger partial charge in [-0.05, 0) is 49.1 Å². The lowest BCUT2D eigenvalue weighted by Crippen LogP contribution is -2.03. The zero-order valence-electron chi connectivity index (χ0n) is 13.2. The molecule has 3 heteroatoms. The number of allylic oxidation sites excluding steroid dienone is 1. The van der Waals surface area contributed by atoms with Crippen molar-refractivity contribution < 1.29 is 0 Å². The van der Waals surface area contributed by atoms with Gasteiger partial charge in [-0.2, -0.15) is 0 Å². The predicted octanol–water partition coefficient (Wildman–Crippen LogP) is 5.01. The van der Waals surface area contributed by atoms with Crippen LogP contribution in [0.25, 0.3) is 22.9 Å². The van der Waals surface area contributed by atoms with Gasteiger partial charge < -0.3 is 0 Å². The van der Waals surface area contributed by atoms with Crippen LogP contribution in [-0.4, -0.2) is 14.5 Å². The quantitative estimate of drug-likeness (QED) is 0.680. The van der Waals surface area contributed by atoms with Gasteiger partial charge in [-0.1, -0.05) is 43.5 Å². The Morgan fingerprint density at radius 2 is 1.78 bits per heavy atom. The van der Waals surface area contributed by atoms with Crippen molar-refractivity contribution in [1.82, 2.24) is 14.5 Å². The standard InChI is InChI=1S/C20H21N3/c1-2-8-16(9-3-1)13-14-20-22-17-10-4-5-11-18(17)23(20)19-12-6-7-15-21-19/h4-7,10-16H,1-3,8-9H2/b14-13+. The van der Waals surface area contributed by atoms with Gasteiger partial charge in [0.15, 0.2) is 0 Å². The molecule has 3 nitrogen and oxygen atoms in total. The maximum absolute atomic E-state index is 4.81. The van der Waals surface area contributed by atoms with Crippen LogP contribution in [0.5, 0.6) is 0 Å². The van der Waals surface area contributed by atoms with Crippen molar-refractivity contribution in [3.8, 4) is 5.82 Å². The van der Waals surface area contributed by atoms with Gasteiger partial charge in [0.05, 0.1) is 11.0 Å². The molecule has 0 atom stereocenters. The Morgan fingerprint density at radius 1 is 0.957 bits per heavy atom. The van der Waals surface area contributed by atoms with E-state index in [4.69, 9.17) is 4.98 Å². The maximum atomic E-state index is 4.81. The molecule has 0 saturated heterocycles. The molecule has 1 aromatic carbocycles. The molecule has 0 N–H and O–H groups in total. The van der Waals surface area contributed by atoms with E-state index in [1.807, 2.05) is 30.5 Å². The zero-order chi connectivity index (χ0) is 15.5. The summed E-state index contributed by atoms with van der Waals surface area (Å²) in [4.78, 5) is 9.33. The Morgan fingerprint density at radius 3 is 2.61 bits per heavy atom. The molecule has 4 rings (SSSR count). The fourth-order valence-electron chi connectivity index (χ4n) is 3.43. The maximum Gasteiger partial charge on any atom is 0.139 e. The lowest BCUT2D eigenvalue weighted by molar-refractivity contribution is 0.420. The van der Waals surface area contributed by atoms with E-state index >= 15 is 0 Å². The van der Waals surface area contributed by atoms with E-state index in [1.54, 1.807) is 0 Å². The average Bonchev–Trinajstić information content (AvgIpc) is 3.00. The van der Waals surface area contributed by atoms with Gasteiger partial charge in [0.25, 0.3) is 0 Å². The van der Waals surface area contributed by atoms with Crippen molar-refractivity contribution in [2.45, 2.75) is 32.1 Å². The molecule has 2 aromatic heterocycles. The molecule has 0 bridgehead atoms. The summed E-state index contributed by atoms with van der Waals surface area (Å²) in [6.07, 6.45) is 13.1. The molecule has 0 unspecified atom stereocenters. The molecule has 116 valence electrons. The monoisotopic (exact) mass is 303 g/mol. The highest BCUT2D eigenvalue weighted by atomic mass is 15.1. The summed E-state index contributed by atoms with van der Waals surface area (Å²) < 4.78 is 2.15. The molecule has 0 radical (unpaired) electrons. The van der Waals surface area contributed by atoms with E-state index in [1.165, 1.54) is 32.1 Å². The van der Waals surface area contributed by atoms with Crippen molar-refractivity contribution in [2.75, 3.05) is 0 Å². The minimum absolute atomic E-state index is 0.695. The smallest absolute Gasteiger partial charge is 0.139 e. The molecule has 2 heterocycles. The fraction of sp³-hybridized carbons (Fsp3) is 0.300. The summed E-state index contributed by atoms with van der Waals surface area (Å²) in [6, 6.07) is 14.3. The first kappa shape index (κ1) is 14.2. The number of hydrogen-bond acceptors (Lipinski definition) is 2. The minimum Gasteiger partial charge on any atom is -0.277 e. The first-order valence-electron chi connectivity index (χ1n) is 8.49. The van der Waals surface area contributed by atoms with Crippen LogP contribution in [0.3, 0.4) is 0 Å². The number of pyridine rings is 1. The highest BCUT2D eigenvalue weighted by Crippen LogP contribution is 2.26. The van der Waals surface area contributed by atoms with Crippen LogP contribution in [0, 0.1) is 5.92 Å². The number of para-hydroxylation sites is 2. The molecular weight excluding hydrogens is 282 g/mol. The Kier molecular flexibility index (Phi) is 3.93. The summed E-state index contributed by atoms with van der Waals surface area (Å²) in [5, 5.41) is 0. The Hall–Kier alpha value is -2.42. The van der Waals surface area contributed by atoms with E-state index < -0.39 is 0 Å². The van der Waals surface area contributed by atoms with Crippen LogP contribution >= 0.6 is 0 Å². The average molecular weight is 303 g/mol. The van der Waals surface area contributed by atoms with Crippen molar-refractivity contribution in [3.63, 3.8) is 0 Å². The van der Waals surface area contributed by atoms with Crippen LogP contribution in [0.1, 0.15) is 37.9 Å². The SMILES string of the molecule is C(=C\C1CCCCC1)/c1nc2ccccc2n1-c1ccccn1. The minimum atomic E-state index is 0.695. The number of hydrogen-bond donors (Lipinski definition) is 0. The summed E-state index contributed by atoms with van der Waals surface area (Å²) in [6.45, 7) is 0. The summed E-state index contributed by atoms with van der Waals surface area (Å²) in [5.74, 6) is 2.58. The molecule has 23 heavy (non-hydrogen) atoms. The van der Waals surface area contributed by atoms with Crippen molar-refractivity contribution >= 4 is 17.1 Å². The highest BCUT2D eigenvalue weighted by molar-refractivity contribution is 5.79. The Bertz CT molecular complexity index is 811. The fourth-order valence-corrected chi connectivity index (χ4v) is 3.43. The normalized spacial score (nSPS) is 16.3. The molecule has 3 aromatic rings. The van der Waals surface area contributed by atoms with Gasteiger partial charge in [-0.3, -0.25) is 4.57 Å². The van der Waals surface area contributed by atoms with Crippen molar-refractivity contribution in [3.05, 3.63) is 60.6 Å². The third-order valence-corrected chi connectivity index (χ3v) is 4.63. The van der Waals surface area contributed by atoms with E-state index in [0.717, 1.165) is 22.7 Å². The van der Waals surface area contributed by atoms with Crippen LogP contribution in [-0.2, 0) is 0 Å².